The van der Waals surface area contributed by atoms with Crippen LogP contribution in [0, 0.1) is 0 Å². The second-order valence-corrected chi connectivity index (χ2v) is 7.59. The average molecular weight is 335 g/mol. The highest BCUT2D eigenvalue weighted by atomic mass is 32.2. The molecule has 7 nitrogen and oxygen atoms in total. The number of nitrogens with zero attached hydrogens (tertiary/aromatic N) is 2. The molecule has 0 saturated heterocycles. The van der Waals surface area contributed by atoms with Gasteiger partial charge in [0.15, 0.2) is 5.03 Å². The third-order valence-electron chi connectivity index (χ3n) is 3.87. The van der Waals surface area contributed by atoms with Crippen molar-refractivity contribution >= 4 is 21.7 Å². The minimum absolute atomic E-state index is 0.0522. The zero-order valence-electron chi connectivity index (χ0n) is 12.8. The molecule has 0 saturated carbocycles. The number of aromatic amines is 1. The summed E-state index contributed by atoms with van der Waals surface area (Å²) >= 11 is 0. The molecular formula is C15H17N3O4S. The summed E-state index contributed by atoms with van der Waals surface area (Å²) < 4.78 is 26.9. The number of carboxylic acids is 1. The van der Waals surface area contributed by atoms with Crippen LogP contribution in [0.25, 0.3) is 0 Å². The van der Waals surface area contributed by atoms with E-state index in [0.717, 1.165) is 5.56 Å². The summed E-state index contributed by atoms with van der Waals surface area (Å²) in [6, 6.07) is 4.49. The number of aromatic nitrogens is 2. The van der Waals surface area contributed by atoms with Crippen LogP contribution in [0.4, 0.5) is 5.69 Å². The van der Waals surface area contributed by atoms with E-state index in [2.05, 4.69) is 9.97 Å². The van der Waals surface area contributed by atoms with Gasteiger partial charge in [0.2, 0.25) is 0 Å². The van der Waals surface area contributed by atoms with Crippen LogP contribution in [0.5, 0.6) is 0 Å². The Morgan fingerprint density at radius 1 is 1.39 bits per heavy atom. The van der Waals surface area contributed by atoms with Gasteiger partial charge in [0.05, 0.1) is 17.4 Å². The minimum Gasteiger partial charge on any atom is -0.478 e. The van der Waals surface area contributed by atoms with Gasteiger partial charge in [-0.05, 0) is 30.2 Å². The van der Waals surface area contributed by atoms with Crippen molar-refractivity contribution in [3.8, 4) is 0 Å². The van der Waals surface area contributed by atoms with E-state index in [4.69, 9.17) is 5.11 Å². The van der Waals surface area contributed by atoms with Crippen molar-refractivity contribution in [1.29, 1.82) is 0 Å². The zero-order valence-corrected chi connectivity index (χ0v) is 13.6. The van der Waals surface area contributed by atoms with E-state index in [-0.39, 0.29) is 23.1 Å². The predicted molar refractivity (Wildman–Crippen MR) is 84.3 cm³/mol. The van der Waals surface area contributed by atoms with Gasteiger partial charge < -0.3 is 10.1 Å². The van der Waals surface area contributed by atoms with E-state index in [1.165, 1.54) is 22.6 Å². The maximum atomic E-state index is 12.8. The molecule has 0 spiro atoms. The molecule has 0 unspecified atom stereocenters. The van der Waals surface area contributed by atoms with Crippen LogP contribution in [0.3, 0.4) is 0 Å². The maximum absolute atomic E-state index is 12.8. The van der Waals surface area contributed by atoms with Crippen molar-refractivity contribution in [3.63, 3.8) is 0 Å². The molecule has 1 aliphatic rings. The van der Waals surface area contributed by atoms with E-state index in [0.29, 0.717) is 17.9 Å². The molecule has 1 aliphatic heterocycles. The first-order chi connectivity index (χ1) is 10.8. The molecule has 23 heavy (non-hydrogen) atoms. The number of H-pyrrole nitrogens is 1. The normalized spacial score (nSPS) is 14.3. The van der Waals surface area contributed by atoms with Gasteiger partial charge in [0.25, 0.3) is 10.0 Å². The number of carboxylic acid groups (broad SMARTS) is 1. The largest absolute Gasteiger partial charge is 0.478 e. The summed E-state index contributed by atoms with van der Waals surface area (Å²) in [5.74, 6) is -0.309. The second-order valence-electron chi connectivity index (χ2n) is 5.76. The van der Waals surface area contributed by atoms with Gasteiger partial charge in [0, 0.05) is 12.5 Å². The molecule has 2 heterocycles. The second kappa shape index (κ2) is 5.38. The van der Waals surface area contributed by atoms with Crippen LogP contribution in [0.15, 0.2) is 29.4 Å². The van der Waals surface area contributed by atoms with Crippen LogP contribution in [-0.2, 0) is 16.4 Å². The lowest BCUT2D eigenvalue weighted by Gasteiger charge is -2.18. The Hall–Kier alpha value is -2.35. The number of sulfonamides is 1. The van der Waals surface area contributed by atoms with Crippen molar-refractivity contribution in [3.05, 3.63) is 41.3 Å². The summed E-state index contributed by atoms with van der Waals surface area (Å²) in [5, 5.41) is 9.08. The molecule has 0 atom stereocenters. The topological polar surface area (TPSA) is 103 Å². The van der Waals surface area contributed by atoms with E-state index in [1.54, 1.807) is 6.07 Å². The Morgan fingerprint density at radius 2 is 2.13 bits per heavy atom. The molecule has 2 aromatic rings. The zero-order chi connectivity index (χ0) is 16.8. The van der Waals surface area contributed by atoms with Crippen LogP contribution in [-0.4, -0.2) is 36.0 Å². The quantitative estimate of drug-likeness (QED) is 0.889. The molecule has 2 N–H and O–H groups in total. The minimum atomic E-state index is -3.73. The third kappa shape index (κ3) is 2.59. The third-order valence-corrected chi connectivity index (χ3v) is 5.59. The predicted octanol–water partition coefficient (Wildman–Crippen LogP) is 1.98. The number of nitrogens with one attached hydrogen (secondary N) is 1. The van der Waals surface area contributed by atoms with Crippen molar-refractivity contribution in [1.82, 2.24) is 9.97 Å². The van der Waals surface area contributed by atoms with Crippen molar-refractivity contribution < 1.29 is 18.3 Å². The molecule has 122 valence electrons. The molecule has 1 aromatic heterocycles. The molecular weight excluding hydrogens is 318 g/mol. The summed E-state index contributed by atoms with van der Waals surface area (Å²) in [6.45, 7) is 4.14. The number of aromatic carboxylic acids is 1. The molecule has 1 aromatic carbocycles. The lowest BCUT2D eigenvalue weighted by Crippen LogP contribution is -2.29. The van der Waals surface area contributed by atoms with E-state index in [1.807, 2.05) is 13.8 Å². The molecule has 0 bridgehead atoms. The first-order valence-corrected chi connectivity index (χ1v) is 8.68. The van der Waals surface area contributed by atoms with Crippen LogP contribution in [0.2, 0.25) is 0 Å². The number of hydrogen-bond acceptors (Lipinski definition) is 4. The monoisotopic (exact) mass is 335 g/mol. The number of benzene rings is 1. The van der Waals surface area contributed by atoms with Crippen molar-refractivity contribution in [2.45, 2.75) is 31.2 Å². The van der Waals surface area contributed by atoms with Gasteiger partial charge in [-0.3, -0.25) is 4.31 Å². The summed E-state index contributed by atoms with van der Waals surface area (Å²) in [5.41, 5.74) is 1.40. The van der Waals surface area contributed by atoms with Crippen molar-refractivity contribution in [2.75, 3.05) is 10.8 Å². The molecule has 0 radical (unpaired) electrons. The SMILES string of the molecule is CC(C)c1ncc(S(=O)(=O)N2CCc3cc(C(=O)O)ccc32)[nH]1. The van der Waals surface area contributed by atoms with Crippen LogP contribution < -0.4 is 4.31 Å². The molecule has 3 rings (SSSR count). The Kier molecular flexibility index (Phi) is 3.63. The number of carbonyl (C=O) groups is 1. The lowest BCUT2D eigenvalue weighted by molar-refractivity contribution is 0.0697. The Bertz CT molecular complexity index is 871. The Labute approximate surface area is 134 Å². The molecule has 0 aliphatic carbocycles. The van der Waals surface area contributed by atoms with Gasteiger partial charge in [-0.15, -0.1) is 0 Å². The maximum Gasteiger partial charge on any atom is 0.335 e. The van der Waals surface area contributed by atoms with E-state index in [9.17, 15) is 13.2 Å². The Balaban J connectivity index is 1.99. The molecule has 0 fully saturated rings. The number of fused-ring (bicyclic) bond motifs is 1. The number of anilines is 1. The highest BCUT2D eigenvalue weighted by Gasteiger charge is 2.32. The van der Waals surface area contributed by atoms with Gasteiger partial charge >= 0.3 is 5.97 Å². The summed E-state index contributed by atoms with van der Waals surface area (Å²) in [4.78, 5) is 18.0. The summed E-state index contributed by atoms with van der Waals surface area (Å²) in [6.07, 6.45) is 1.81. The Morgan fingerprint density at radius 3 is 2.74 bits per heavy atom. The number of hydrogen-bond donors (Lipinski definition) is 2. The van der Waals surface area contributed by atoms with Crippen LogP contribution in [0.1, 0.15) is 41.5 Å². The first kappa shape index (κ1) is 15.5. The highest BCUT2D eigenvalue weighted by Crippen LogP contribution is 2.33. The van der Waals surface area contributed by atoms with Gasteiger partial charge in [-0.2, -0.15) is 8.42 Å². The average Bonchev–Trinajstić information content (AvgIpc) is 3.14. The number of imidazole rings is 1. The fourth-order valence-corrected chi connectivity index (χ4v) is 4.04. The number of rotatable bonds is 4. The fourth-order valence-electron chi connectivity index (χ4n) is 2.62. The molecule has 0 amide bonds. The standard InChI is InChI=1S/C15H17N3O4S/c1-9(2)14-16-8-13(17-14)23(21,22)18-6-5-10-7-11(15(19)20)3-4-12(10)18/h3-4,7-9H,5-6H2,1-2H3,(H,16,17)(H,19,20). The van der Waals surface area contributed by atoms with Crippen LogP contribution >= 0.6 is 0 Å². The van der Waals surface area contributed by atoms with Gasteiger partial charge in [0.1, 0.15) is 5.82 Å². The van der Waals surface area contributed by atoms with Crippen molar-refractivity contribution in [2.24, 2.45) is 0 Å². The van der Waals surface area contributed by atoms with Gasteiger partial charge in [-0.1, -0.05) is 13.8 Å². The fraction of sp³-hybridized carbons (Fsp3) is 0.333. The first-order valence-electron chi connectivity index (χ1n) is 7.24. The highest BCUT2D eigenvalue weighted by molar-refractivity contribution is 7.92. The molecule has 8 heteroatoms. The smallest absolute Gasteiger partial charge is 0.335 e. The summed E-state index contributed by atoms with van der Waals surface area (Å²) in [7, 11) is -3.73. The van der Waals surface area contributed by atoms with E-state index < -0.39 is 16.0 Å². The van der Waals surface area contributed by atoms with E-state index >= 15 is 0 Å². The van der Waals surface area contributed by atoms with Gasteiger partial charge in [-0.25, -0.2) is 9.78 Å². The lowest BCUT2D eigenvalue weighted by atomic mass is 10.1.